The van der Waals surface area contributed by atoms with E-state index in [1.54, 1.807) is 38.1 Å². The molecule has 0 fully saturated rings. The van der Waals surface area contributed by atoms with E-state index in [-0.39, 0.29) is 30.4 Å². The molecule has 1 aromatic carbocycles. The zero-order valence-electron chi connectivity index (χ0n) is 12.8. The predicted molar refractivity (Wildman–Crippen MR) is 86.5 cm³/mol. The van der Waals surface area contributed by atoms with Crippen LogP contribution in [0.15, 0.2) is 28.7 Å². The number of carbonyl (C=O) groups is 2. The third-order valence-corrected chi connectivity index (χ3v) is 3.75. The van der Waals surface area contributed by atoms with Crippen LogP contribution in [0.25, 0.3) is 0 Å². The van der Waals surface area contributed by atoms with E-state index in [1.807, 2.05) is 6.07 Å². The van der Waals surface area contributed by atoms with Crippen LogP contribution in [-0.2, 0) is 4.79 Å². The van der Waals surface area contributed by atoms with E-state index in [0.29, 0.717) is 27.5 Å². The van der Waals surface area contributed by atoms with Crippen LogP contribution in [0.5, 0.6) is 0 Å². The van der Waals surface area contributed by atoms with Crippen molar-refractivity contribution in [1.82, 2.24) is 0 Å². The van der Waals surface area contributed by atoms with Crippen molar-refractivity contribution >= 4 is 29.2 Å². The van der Waals surface area contributed by atoms with Crippen LogP contribution in [0.4, 0.5) is 5.88 Å². The first-order valence-electron chi connectivity index (χ1n) is 7.01. The second-order valence-corrected chi connectivity index (χ2v) is 5.51. The molecule has 5 nitrogen and oxygen atoms in total. The van der Waals surface area contributed by atoms with Crippen LogP contribution in [0, 0.1) is 25.2 Å². The highest BCUT2D eigenvalue weighted by Gasteiger charge is 2.17. The monoisotopic (exact) mass is 330 g/mol. The largest absolute Gasteiger partial charge is 0.444 e. The maximum Gasteiger partial charge on any atom is 0.227 e. The Hall–Kier alpha value is -2.58. The van der Waals surface area contributed by atoms with E-state index in [0.717, 1.165) is 0 Å². The lowest BCUT2D eigenvalue weighted by molar-refractivity contribution is -0.116. The number of rotatable bonds is 5. The summed E-state index contributed by atoms with van der Waals surface area (Å²) in [6.45, 7) is 3.47. The van der Waals surface area contributed by atoms with Crippen LogP contribution < -0.4 is 5.32 Å². The summed E-state index contributed by atoms with van der Waals surface area (Å²) >= 11 is 5.77. The van der Waals surface area contributed by atoms with Gasteiger partial charge in [0.1, 0.15) is 17.4 Å². The molecule has 0 unspecified atom stereocenters. The number of hydrogen-bond donors (Lipinski definition) is 1. The molecule has 1 N–H and O–H groups in total. The molecule has 0 aliphatic carbocycles. The van der Waals surface area contributed by atoms with Gasteiger partial charge in [0, 0.05) is 29.0 Å². The number of aryl methyl sites for hydroxylation is 1. The molecule has 1 aromatic heterocycles. The summed E-state index contributed by atoms with van der Waals surface area (Å²) in [6, 6.07) is 8.49. The number of furan rings is 1. The highest BCUT2D eigenvalue weighted by atomic mass is 35.5. The number of nitriles is 1. The van der Waals surface area contributed by atoms with Crippen molar-refractivity contribution in [2.75, 3.05) is 5.32 Å². The maximum atomic E-state index is 12.0. The smallest absolute Gasteiger partial charge is 0.227 e. The lowest BCUT2D eigenvalue weighted by Crippen LogP contribution is -2.13. The first-order chi connectivity index (χ1) is 10.9. The van der Waals surface area contributed by atoms with Gasteiger partial charge in [-0.2, -0.15) is 5.26 Å². The molecule has 0 atom stereocenters. The molecule has 1 heterocycles. The van der Waals surface area contributed by atoms with Crippen molar-refractivity contribution in [3.8, 4) is 6.07 Å². The van der Waals surface area contributed by atoms with Gasteiger partial charge >= 0.3 is 0 Å². The number of anilines is 1. The number of nitrogens with one attached hydrogen (secondary N) is 1. The third kappa shape index (κ3) is 3.99. The zero-order chi connectivity index (χ0) is 17.0. The fraction of sp³-hybridized carbons (Fsp3) is 0.235. The third-order valence-electron chi connectivity index (χ3n) is 3.50. The Kier molecular flexibility index (Phi) is 5.20. The Morgan fingerprint density at radius 1 is 1.22 bits per heavy atom. The standard InChI is InChI=1S/C17H15ClN2O3/c1-10-11(2)23-17(14(10)9-19)20-16(22)8-7-15(21)12-3-5-13(18)6-4-12/h3-6H,7-8H2,1-2H3,(H,20,22). The zero-order valence-corrected chi connectivity index (χ0v) is 13.5. The molecule has 118 valence electrons. The normalized spacial score (nSPS) is 10.2. The van der Waals surface area contributed by atoms with Gasteiger partial charge in [0.25, 0.3) is 0 Å². The fourth-order valence-corrected chi connectivity index (χ4v) is 2.17. The van der Waals surface area contributed by atoms with E-state index >= 15 is 0 Å². The molecule has 2 rings (SSSR count). The number of nitrogens with zero attached hydrogens (tertiary/aromatic N) is 1. The number of benzene rings is 1. The number of hydrogen-bond acceptors (Lipinski definition) is 4. The minimum atomic E-state index is -0.377. The van der Waals surface area contributed by atoms with Gasteiger partial charge in [-0.15, -0.1) is 0 Å². The topological polar surface area (TPSA) is 83.1 Å². The van der Waals surface area contributed by atoms with Crippen LogP contribution in [0.1, 0.15) is 40.1 Å². The van der Waals surface area contributed by atoms with Gasteiger partial charge in [0.05, 0.1) is 0 Å². The molecule has 0 bridgehead atoms. The van der Waals surface area contributed by atoms with Crippen LogP contribution in [0.2, 0.25) is 5.02 Å². The molecule has 0 spiro atoms. The summed E-state index contributed by atoms with van der Waals surface area (Å²) in [6.07, 6.45) is 0.0686. The first kappa shape index (κ1) is 16.8. The molecule has 0 aliphatic heterocycles. The van der Waals surface area contributed by atoms with Crippen LogP contribution in [0.3, 0.4) is 0 Å². The molecule has 0 aliphatic rings. The Morgan fingerprint density at radius 2 is 1.87 bits per heavy atom. The van der Waals surface area contributed by atoms with E-state index in [4.69, 9.17) is 21.3 Å². The highest BCUT2D eigenvalue weighted by molar-refractivity contribution is 6.30. The molecular formula is C17H15ClN2O3. The van der Waals surface area contributed by atoms with Gasteiger partial charge in [-0.25, -0.2) is 0 Å². The summed E-state index contributed by atoms with van der Waals surface area (Å²) in [5.41, 5.74) is 1.50. The van der Waals surface area contributed by atoms with Crippen molar-refractivity contribution < 1.29 is 14.0 Å². The lowest BCUT2D eigenvalue weighted by Gasteiger charge is -2.03. The van der Waals surface area contributed by atoms with Crippen molar-refractivity contribution in [2.45, 2.75) is 26.7 Å². The Balaban J connectivity index is 1.96. The second-order valence-electron chi connectivity index (χ2n) is 5.08. The molecule has 1 amide bonds. The summed E-state index contributed by atoms with van der Waals surface area (Å²) < 4.78 is 5.36. The van der Waals surface area contributed by atoms with E-state index in [2.05, 4.69) is 5.32 Å². The van der Waals surface area contributed by atoms with Gasteiger partial charge < -0.3 is 4.42 Å². The lowest BCUT2D eigenvalue weighted by atomic mass is 10.1. The van der Waals surface area contributed by atoms with Crippen LogP contribution in [-0.4, -0.2) is 11.7 Å². The first-order valence-corrected chi connectivity index (χ1v) is 7.39. The number of Topliss-reactive ketones (excluding diaryl/α,β-unsaturated/α-hetero) is 1. The number of carbonyl (C=O) groups excluding carboxylic acids is 2. The molecule has 23 heavy (non-hydrogen) atoms. The Bertz CT molecular complexity index is 785. The van der Waals surface area contributed by atoms with Gasteiger partial charge in [-0.1, -0.05) is 11.6 Å². The summed E-state index contributed by atoms with van der Waals surface area (Å²) in [7, 11) is 0. The summed E-state index contributed by atoms with van der Waals surface area (Å²) in [5, 5.41) is 12.2. The molecule has 6 heteroatoms. The van der Waals surface area contributed by atoms with Crippen molar-refractivity contribution in [3.05, 3.63) is 51.7 Å². The van der Waals surface area contributed by atoms with Gasteiger partial charge in [-0.3, -0.25) is 14.9 Å². The molecular weight excluding hydrogens is 316 g/mol. The quantitative estimate of drug-likeness (QED) is 0.839. The second kappa shape index (κ2) is 7.12. The molecule has 0 saturated carbocycles. The minimum Gasteiger partial charge on any atom is -0.444 e. The highest BCUT2D eigenvalue weighted by Crippen LogP contribution is 2.25. The summed E-state index contributed by atoms with van der Waals surface area (Å²) in [5.74, 6) is 0.183. The SMILES string of the molecule is Cc1oc(NC(=O)CCC(=O)c2ccc(Cl)cc2)c(C#N)c1C. The predicted octanol–water partition coefficient (Wildman–Crippen LogP) is 4.02. The van der Waals surface area contributed by atoms with Gasteiger partial charge in [0.2, 0.25) is 11.8 Å². The molecule has 0 radical (unpaired) electrons. The molecule has 0 saturated heterocycles. The van der Waals surface area contributed by atoms with Crippen LogP contribution >= 0.6 is 11.6 Å². The Labute approximate surface area is 138 Å². The van der Waals surface area contributed by atoms with Gasteiger partial charge in [0.15, 0.2) is 5.78 Å². The average molecular weight is 331 g/mol. The van der Waals surface area contributed by atoms with Gasteiger partial charge in [-0.05, 0) is 38.1 Å². The van der Waals surface area contributed by atoms with Crippen molar-refractivity contribution in [1.29, 1.82) is 5.26 Å². The van der Waals surface area contributed by atoms with Crippen molar-refractivity contribution in [3.63, 3.8) is 0 Å². The summed E-state index contributed by atoms with van der Waals surface area (Å²) in [4.78, 5) is 23.9. The number of amides is 1. The van der Waals surface area contributed by atoms with E-state index in [9.17, 15) is 9.59 Å². The van der Waals surface area contributed by atoms with Crippen molar-refractivity contribution in [2.24, 2.45) is 0 Å². The molecule has 2 aromatic rings. The van der Waals surface area contributed by atoms with E-state index in [1.165, 1.54) is 0 Å². The average Bonchev–Trinajstić information content (AvgIpc) is 2.79. The fourth-order valence-electron chi connectivity index (χ4n) is 2.05. The van der Waals surface area contributed by atoms with E-state index < -0.39 is 0 Å². The minimum absolute atomic E-state index is 0.00508. The number of halogens is 1. The number of ketones is 1. The Morgan fingerprint density at radius 3 is 2.48 bits per heavy atom. The maximum absolute atomic E-state index is 12.0.